The lowest BCUT2D eigenvalue weighted by Crippen LogP contribution is -2.14. The first-order valence-electron chi connectivity index (χ1n) is 7.71. The highest BCUT2D eigenvalue weighted by Gasteiger charge is 2.10. The number of carbonyl (C=O) groups is 1. The number of anilines is 1. The summed E-state index contributed by atoms with van der Waals surface area (Å²) < 4.78 is 3.01. The number of nitrogens with one attached hydrogen (secondary N) is 1. The summed E-state index contributed by atoms with van der Waals surface area (Å²) in [5.74, 6) is 0.242. The van der Waals surface area contributed by atoms with Crippen molar-refractivity contribution in [1.29, 1.82) is 0 Å². The highest BCUT2D eigenvalue weighted by Crippen LogP contribution is 2.21. The first-order chi connectivity index (χ1) is 12.1. The lowest BCUT2D eigenvalue weighted by molar-refractivity contribution is -0.113. The standard InChI is InChI=1S/C17H17BrN4OS2/c1-12-9-13(4-5-15(12)18)20-16(23)10-25-17-21-19-11-22(17)7-6-14-3-2-8-24-14/h2-5,8-9,11H,6-7,10H2,1H3,(H,20,23). The van der Waals surface area contributed by atoms with Gasteiger partial charge in [0.1, 0.15) is 6.33 Å². The summed E-state index contributed by atoms with van der Waals surface area (Å²) in [4.78, 5) is 13.5. The Morgan fingerprint density at radius 3 is 3.04 bits per heavy atom. The van der Waals surface area contributed by atoms with Crippen LogP contribution in [0.15, 0.2) is 51.7 Å². The van der Waals surface area contributed by atoms with Gasteiger partial charge in [0, 0.05) is 21.6 Å². The number of nitrogens with zero attached hydrogens (tertiary/aromatic N) is 3. The molecule has 8 heteroatoms. The fourth-order valence-corrected chi connectivity index (χ4v) is 3.93. The largest absolute Gasteiger partial charge is 0.325 e. The normalized spacial score (nSPS) is 10.8. The molecule has 0 aliphatic rings. The fraction of sp³-hybridized carbons (Fsp3) is 0.235. The van der Waals surface area contributed by atoms with E-state index in [0.717, 1.165) is 33.8 Å². The number of hydrogen-bond acceptors (Lipinski definition) is 5. The molecule has 0 spiro atoms. The predicted octanol–water partition coefficient (Wildman–Crippen LogP) is 4.38. The fourth-order valence-electron chi connectivity index (χ4n) is 2.24. The lowest BCUT2D eigenvalue weighted by Gasteiger charge is -2.08. The van der Waals surface area contributed by atoms with E-state index in [-0.39, 0.29) is 5.91 Å². The number of halogens is 1. The second-order valence-electron chi connectivity index (χ2n) is 5.44. The number of aromatic nitrogens is 3. The molecule has 0 atom stereocenters. The number of aryl methyl sites for hydroxylation is 3. The molecule has 0 bridgehead atoms. The number of benzene rings is 1. The molecule has 1 N–H and O–H groups in total. The Hall–Kier alpha value is -1.64. The van der Waals surface area contributed by atoms with Crippen molar-refractivity contribution in [3.05, 3.63) is 57.0 Å². The van der Waals surface area contributed by atoms with E-state index in [2.05, 4.69) is 49.0 Å². The van der Waals surface area contributed by atoms with Gasteiger partial charge in [-0.1, -0.05) is 33.8 Å². The third-order valence-electron chi connectivity index (χ3n) is 3.53. The molecule has 0 unspecified atom stereocenters. The molecule has 0 saturated heterocycles. The Morgan fingerprint density at radius 2 is 2.28 bits per heavy atom. The molecule has 0 aliphatic carbocycles. The van der Waals surface area contributed by atoms with Crippen LogP contribution in [0.5, 0.6) is 0 Å². The predicted molar refractivity (Wildman–Crippen MR) is 106 cm³/mol. The van der Waals surface area contributed by atoms with Crippen LogP contribution in [0.2, 0.25) is 0 Å². The maximum atomic E-state index is 12.2. The monoisotopic (exact) mass is 436 g/mol. The Balaban J connectivity index is 1.52. The van der Waals surface area contributed by atoms with Crippen molar-refractivity contribution >= 4 is 50.6 Å². The van der Waals surface area contributed by atoms with Gasteiger partial charge in [0.2, 0.25) is 5.91 Å². The SMILES string of the molecule is Cc1cc(NC(=O)CSc2nncn2CCc2cccs2)ccc1Br. The maximum Gasteiger partial charge on any atom is 0.234 e. The van der Waals surface area contributed by atoms with Gasteiger partial charge in [-0.05, 0) is 48.6 Å². The molecule has 5 nitrogen and oxygen atoms in total. The van der Waals surface area contributed by atoms with Crippen LogP contribution in [0.4, 0.5) is 5.69 Å². The smallest absolute Gasteiger partial charge is 0.234 e. The molecule has 0 saturated carbocycles. The van der Waals surface area contributed by atoms with Crippen LogP contribution in [0, 0.1) is 6.92 Å². The van der Waals surface area contributed by atoms with Gasteiger partial charge in [0.15, 0.2) is 5.16 Å². The van der Waals surface area contributed by atoms with Crippen molar-refractivity contribution in [2.75, 3.05) is 11.1 Å². The summed E-state index contributed by atoms with van der Waals surface area (Å²) in [5.41, 5.74) is 1.88. The Kier molecular flexibility index (Phi) is 6.28. The van der Waals surface area contributed by atoms with E-state index in [1.165, 1.54) is 16.6 Å². The van der Waals surface area contributed by atoms with E-state index in [0.29, 0.717) is 5.75 Å². The Labute approximate surface area is 163 Å². The van der Waals surface area contributed by atoms with E-state index in [4.69, 9.17) is 0 Å². The Bertz CT molecular complexity index is 848. The third-order valence-corrected chi connectivity index (χ3v) is 6.34. The Morgan fingerprint density at radius 1 is 1.40 bits per heavy atom. The van der Waals surface area contributed by atoms with Crippen molar-refractivity contribution in [2.45, 2.75) is 25.0 Å². The average Bonchev–Trinajstić information content (AvgIpc) is 3.25. The number of rotatable bonds is 7. The first-order valence-corrected chi connectivity index (χ1v) is 10.4. The van der Waals surface area contributed by atoms with Crippen LogP contribution < -0.4 is 5.32 Å². The molecule has 3 rings (SSSR count). The van der Waals surface area contributed by atoms with E-state index >= 15 is 0 Å². The van der Waals surface area contributed by atoms with E-state index < -0.39 is 0 Å². The molecule has 2 heterocycles. The summed E-state index contributed by atoms with van der Waals surface area (Å²) in [6.45, 7) is 2.80. The highest BCUT2D eigenvalue weighted by atomic mass is 79.9. The van der Waals surface area contributed by atoms with Crippen LogP contribution in [0.25, 0.3) is 0 Å². The minimum absolute atomic E-state index is 0.0560. The molecule has 0 radical (unpaired) electrons. The second-order valence-corrected chi connectivity index (χ2v) is 8.27. The van der Waals surface area contributed by atoms with Crippen molar-refractivity contribution in [3.63, 3.8) is 0 Å². The van der Waals surface area contributed by atoms with E-state index in [1.54, 1.807) is 17.7 Å². The van der Waals surface area contributed by atoms with Gasteiger partial charge in [-0.25, -0.2) is 0 Å². The number of thioether (sulfide) groups is 1. The minimum Gasteiger partial charge on any atom is -0.325 e. The van der Waals surface area contributed by atoms with E-state index in [1.807, 2.05) is 29.7 Å². The summed E-state index contributed by atoms with van der Waals surface area (Å²) in [6.07, 6.45) is 2.65. The molecular formula is C17H17BrN4OS2. The van der Waals surface area contributed by atoms with Gasteiger partial charge in [-0.15, -0.1) is 21.5 Å². The highest BCUT2D eigenvalue weighted by molar-refractivity contribution is 9.10. The average molecular weight is 437 g/mol. The molecule has 130 valence electrons. The van der Waals surface area contributed by atoms with Gasteiger partial charge in [-0.3, -0.25) is 4.79 Å². The number of thiophene rings is 1. The zero-order chi connectivity index (χ0) is 17.6. The number of carbonyl (C=O) groups excluding carboxylic acids is 1. The van der Waals surface area contributed by atoms with Crippen molar-refractivity contribution < 1.29 is 4.79 Å². The quantitative estimate of drug-likeness (QED) is 0.558. The molecule has 1 amide bonds. The molecule has 2 aromatic heterocycles. The first kappa shape index (κ1) is 18.2. The van der Waals surface area contributed by atoms with E-state index in [9.17, 15) is 4.79 Å². The van der Waals surface area contributed by atoms with Crippen molar-refractivity contribution in [2.24, 2.45) is 0 Å². The summed E-state index contributed by atoms with van der Waals surface area (Å²) >= 11 is 6.60. The molecular weight excluding hydrogens is 420 g/mol. The van der Waals surface area contributed by atoms with Gasteiger partial charge >= 0.3 is 0 Å². The second kappa shape index (κ2) is 8.64. The summed E-state index contributed by atoms with van der Waals surface area (Å²) in [5, 5.41) is 13.8. The van der Waals surface area contributed by atoms with Crippen LogP contribution >= 0.6 is 39.0 Å². The van der Waals surface area contributed by atoms with Gasteiger partial charge in [0.05, 0.1) is 5.75 Å². The number of hydrogen-bond donors (Lipinski definition) is 1. The molecule has 1 aromatic carbocycles. The van der Waals surface area contributed by atoms with Gasteiger partial charge < -0.3 is 9.88 Å². The zero-order valence-corrected chi connectivity index (χ0v) is 16.8. The van der Waals surface area contributed by atoms with Gasteiger partial charge in [-0.2, -0.15) is 0 Å². The van der Waals surface area contributed by atoms with Crippen LogP contribution in [0.3, 0.4) is 0 Å². The molecule has 0 fully saturated rings. The minimum atomic E-state index is -0.0560. The number of amides is 1. The summed E-state index contributed by atoms with van der Waals surface area (Å²) in [6, 6.07) is 9.92. The van der Waals surface area contributed by atoms with Crippen molar-refractivity contribution in [1.82, 2.24) is 14.8 Å². The topological polar surface area (TPSA) is 59.8 Å². The zero-order valence-electron chi connectivity index (χ0n) is 13.6. The van der Waals surface area contributed by atoms with Crippen LogP contribution in [0.1, 0.15) is 10.4 Å². The van der Waals surface area contributed by atoms with Crippen LogP contribution in [-0.4, -0.2) is 26.4 Å². The third kappa shape index (κ3) is 5.17. The lowest BCUT2D eigenvalue weighted by atomic mass is 10.2. The van der Waals surface area contributed by atoms with Crippen molar-refractivity contribution in [3.8, 4) is 0 Å². The molecule has 25 heavy (non-hydrogen) atoms. The van der Waals surface area contributed by atoms with Gasteiger partial charge in [0.25, 0.3) is 0 Å². The van der Waals surface area contributed by atoms with Crippen LogP contribution in [-0.2, 0) is 17.8 Å². The molecule has 3 aromatic rings. The maximum absolute atomic E-state index is 12.2. The summed E-state index contributed by atoms with van der Waals surface area (Å²) in [7, 11) is 0. The molecule has 0 aliphatic heterocycles.